The molecule has 0 atom stereocenters. The van der Waals surface area contributed by atoms with Gasteiger partial charge in [0.1, 0.15) is 11.6 Å². The third-order valence-electron chi connectivity index (χ3n) is 1.55. The molecule has 0 aromatic heterocycles. The Kier molecular flexibility index (Phi) is 2.57. The third-order valence-corrected chi connectivity index (χ3v) is 2.57. The highest BCUT2D eigenvalue weighted by Crippen LogP contribution is 2.24. The van der Waals surface area contributed by atoms with Crippen molar-refractivity contribution in [3.05, 3.63) is 33.3 Å². The predicted molar refractivity (Wildman–Crippen MR) is 44.2 cm³/mol. The van der Waals surface area contributed by atoms with Crippen molar-refractivity contribution in [1.82, 2.24) is 0 Å². The van der Waals surface area contributed by atoms with Crippen LogP contribution < -0.4 is 0 Å². The first-order valence-corrected chi connectivity index (χ1v) is 3.96. The number of aldehydes is 1. The van der Waals surface area contributed by atoms with Gasteiger partial charge in [0.2, 0.25) is 0 Å². The van der Waals surface area contributed by atoms with Crippen LogP contribution in [0.1, 0.15) is 15.9 Å². The molecule has 0 saturated heterocycles. The molecule has 1 rings (SSSR count). The molecule has 1 aromatic carbocycles. The van der Waals surface area contributed by atoms with Gasteiger partial charge in [0.15, 0.2) is 6.29 Å². The van der Waals surface area contributed by atoms with Crippen LogP contribution in [-0.4, -0.2) is 6.29 Å². The highest BCUT2D eigenvalue weighted by molar-refractivity contribution is 9.10. The molecule has 1 aromatic rings. The second-order valence-electron chi connectivity index (χ2n) is 2.31. The SMILES string of the molecule is Cc1c(F)cc(F)c(C=O)c1Br. The maximum atomic E-state index is 12.8. The van der Waals surface area contributed by atoms with Crippen LogP contribution in [0, 0.1) is 18.6 Å². The number of rotatable bonds is 1. The van der Waals surface area contributed by atoms with Crippen molar-refractivity contribution in [2.24, 2.45) is 0 Å². The minimum atomic E-state index is -0.847. The summed E-state index contributed by atoms with van der Waals surface area (Å²) in [5.41, 5.74) is 0.0902. The molecule has 0 bridgehead atoms. The van der Waals surface area contributed by atoms with Crippen LogP contribution in [-0.2, 0) is 0 Å². The predicted octanol–water partition coefficient (Wildman–Crippen LogP) is 2.85. The zero-order valence-corrected chi connectivity index (χ0v) is 7.78. The third kappa shape index (κ3) is 1.39. The Morgan fingerprint density at radius 2 is 2.00 bits per heavy atom. The van der Waals surface area contributed by atoms with Crippen LogP contribution >= 0.6 is 15.9 Å². The summed E-state index contributed by atoms with van der Waals surface area (Å²) in [4.78, 5) is 10.3. The van der Waals surface area contributed by atoms with Crippen LogP contribution in [0.2, 0.25) is 0 Å². The molecule has 0 fully saturated rings. The van der Waals surface area contributed by atoms with Gasteiger partial charge in [0.25, 0.3) is 0 Å². The van der Waals surface area contributed by atoms with Gasteiger partial charge in [-0.3, -0.25) is 4.79 Å². The molecule has 0 aliphatic rings. The molecule has 0 heterocycles. The highest BCUT2D eigenvalue weighted by Gasteiger charge is 2.12. The van der Waals surface area contributed by atoms with Crippen LogP contribution in [0.25, 0.3) is 0 Å². The summed E-state index contributed by atoms with van der Waals surface area (Å²) in [5, 5.41) is 0. The van der Waals surface area contributed by atoms with Crippen molar-refractivity contribution in [2.45, 2.75) is 6.92 Å². The van der Waals surface area contributed by atoms with Crippen molar-refractivity contribution in [3.63, 3.8) is 0 Å². The Labute approximate surface area is 76.5 Å². The Morgan fingerprint density at radius 3 is 2.50 bits per heavy atom. The Hall–Kier alpha value is -0.770. The number of benzene rings is 1. The molecule has 0 aliphatic carbocycles. The zero-order chi connectivity index (χ0) is 9.30. The lowest BCUT2D eigenvalue weighted by atomic mass is 10.1. The Morgan fingerprint density at radius 1 is 1.42 bits per heavy atom. The van der Waals surface area contributed by atoms with Crippen molar-refractivity contribution in [3.8, 4) is 0 Å². The first-order valence-electron chi connectivity index (χ1n) is 3.17. The molecule has 4 heteroatoms. The quantitative estimate of drug-likeness (QED) is 0.684. The molecule has 0 amide bonds. The van der Waals surface area contributed by atoms with Gasteiger partial charge in [-0.2, -0.15) is 0 Å². The van der Waals surface area contributed by atoms with Crippen LogP contribution in [0.5, 0.6) is 0 Å². The van der Waals surface area contributed by atoms with E-state index in [1.807, 2.05) is 0 Å². The van der Waals surface area contributed by atoms with Gasteiger partial charge in [-0.1, -0.05) is 0 Å². The normalized spacial score (nSPS) is 10.0. The molecule has 12 heavy (non-hydrogen) atoms. The molecule has 64 valence electrons. The van der Waals surface area contributed by atoms with Gasteiger partial charge < -0.3 is 0 Å². The van der Waals surface area contributed by atoms with E-state index in [9.17, 15) is 13.6 Å². The maximum absolute atomic E-state index is 12.8. The van der Waals surface area contributed by atoms with Gasteiger partial charge in [0.05, 0.1) is 5.56 Å². The fraction of sp³-hybridized carbons (Fsp3) is 0.125. The number of carbonyl (C=O) groups is 1. The van der Waals surface area contributed by atoms with Crippen molar-refractivity contribution >= 4 is 22.2 Å². The lowest BCUT2D eigenvalue weighted by molar-refractivity contribution is 0.111. The topological polar surface area (TPSA) is 17.1 Å². The summed E-state index contributed by atoms with van der Waals surface area (Å²) in [7, 11) is 0. The first kappa shape index (κ1) is 9.32. The Balaban J connectivity index is 3.51. The van der Waals surface area contributed by atoms with Gasteiger partial charge in [-0.05, 0) is 28.4 Å². The first-order chi connectivity index (χ1) is 5.57. The maximum Gasteiger partial charge on any atom is 0.154 e. The molecule has 0 unspecified atom stereocenters. The molecule has 0 spiro atoms. The average Bonchev–Trinajstić information content (AvgIpc) is 2.01. The second-order valence-corrected chi connectivity index (χ2v) is 3.10. The van der Waals surface area contributed by atoms with E-state index >= 15 is 0 Å². The standard InChI is InChI=1S/C8H5BrF2O/c1-4-6(10)2-7(11)5(3-12)8(4)9/h2-3H,1H3. The largest absolute Gasteiger partial charge is 0.298 e. The minimum Gasteiger partial charge on any atom is -0.298 e. The summed E-state index contributed by atoms with van der Waals surface area (Å²) >= 11 is 2.93. The van der Waals surface area contributed by atoms with Crippen LogP contribution in [0.15, 0.2) is 10.5 Å². The lowest BCUT2D eigenvalue weighted by Crippen LogP contribution is -1.95. The van der Waals surface area contributed by atoms with E-state index in [4.69, 9.17) is 0 Å². The number of carbonyl (C=O) groups excluding carboxylic acids is 1. The number of hydrogen-bond acceptors (Lipinski definition) is 1. The summed E-state index contributed by atoms with van der Waals surface area (Å²) < 4.78 is 25.7. The van der Waals surface area contributed by atoms with E-state index in [1.54, 1.807) is 0 Å². The zero-order valence-electron chi connectivity index (χ0n) is 6.20. The van der Waals surface area contributed by atoms with Crippen LogP contribution in [0.4, 0.5) is 8.78 Å². The second kappa shape index (κ2) is 3.31. The number of halogens is 3. The Bertz CT molecular complexity index is 336. The lowest BCUT2D eigenvalue weighted by Gasteiger charge is -2.03. The molecule has 1 nitrogen and oxygen atoms in total. The van der Waals surface area contributed by atoms with E-state index in [0.29, 0.717) is 12.4 Å². The molecule has 0 N–H and O–H groups in total. The molecule has 0 saturated carbocycles. The molecular weight excluding hydrogens is 230 g/mol. The van der Waals surface area contributed by atoms with E-state index in [1.165, 1.54) is 6.92 Å². The average molecular weight is 235 g/mol. The van der Waals surface area contributed by atoms with E-state index in [-0.39, 0.29) is 15.6 Å². The van der Waals surface area contributed by atoms with E-state index in [2.05, 4.69) is 15.9 Å². The highest BCUT2D eigenvalue weighted by atomic mass is 79.9. The monoisotopic (exact) mass is 234 g/mol. The fourth-order valence-electron chi connectivity index (χ4n) is 0.817. The summed E-state index contributed by atoms with van der Waals surface area (Å²) in [6.07, 6.45) is 0.353. The smallest absolute Gasteiger partial charge is 0.154 e. The van der Waals surface area contributed by atoms with Crippen LogP contribution in [0.3, 0.4) is 0 Å². The van der Waals surface area contributed by atoms with Crippen molar-refractivity contribution in [1.29, 1.82) is 0 Å². The number of hydrogen-bond donors (Lipinski definition) is 0. The summed E-state index contributed by atoms with van der Waals surface area (Å²) in [6.45, 7) is 1.46. The summed E-state index contributed by atoms with van der Waals surface area (Å²) in [5.74, 6) is -1.51. The molecule has 0 radical (unpaired) electrons. The van der Waals surface area contributed by atoms with E-state index in [0.717, 1.165) is 0 Å². The van der Waals surface area contributed by atoms with E-state index < -0.39 is 11.6 Å². The van der Waals surface area contributed by atoms with Gasteiger partial charge in [0, 0.05) is 10.5 Å². The fourth-order valence-corrected chi connectivity index (χ4v) is 1.29. The van der Waals surface area contributed by atoms with Crippen molar-refractivity contribution in [2.75, 3.05) is 0 Å². The van der Waals surface area contributed by atoms with Gasteiger partial charge in [-0.15, -0.1) is 0 Å². The van der Waals surface area contributed by atoms with Gasteiger partial charge >= 0.3 is 0 Å². The minimum absolute atomic E-state index is 0.145. The molecule has 0 aliphatic heterocycles. The molecular formula is C8H5BrF2O. The van der Waals surface area contributed by atoms with Crippen molar-refractivity contribution < 1.29 is 13.6 Å². The van der Waals surface area contributed by atoms with Gasteiger partial charge in [-0.25, -0.2) is 8.78 Å². The summed E-state index contributed by atoms with van der Waals surface area (Å²) in [6, 6.07) is 0.698.